The lowest BCUT2D eigenvalue weighted by Crippen LogP contribution is -2.02. The molecule has 7 heteroatoms. The van der Waals surface area contributed by atoms with Crippen molar-refractivity contribution in [1.82, 2.24) is 4.90 Å². The van der Waals surface area contributed by atoms with Crippen molar-refractivity contribution in [3.8, 4) is 0 Å². The number of nitrogens with zero attached hydrogens (tertiary/aromatic N) is 1. The first-order valence-electron chi connectivity index (χ1n) is 5.83. The highest BCUT2D eigenvalue weighted by atomic mass is 19.5. The molecule has 0 aromatic carbocycles. The van der Waals surface area contributed by atoms with Gasteiger partial charge in [0.15, 0.2) is 0 Å². The number of unbranched alkanes of at least 4 members (excludes halogenated alkanes) is 4. The van der Waals surface area contributed by atoms with Crippen molar-refractivity contribution in [1.29, 1.82) is 0 Å². The molecule has 0 aromatic rings. The molecule has 0 saturated carbocycles. The molecule has 0 rings (SSSR count). The molecule has 0 amide bonds. The maximum Gasteiger partial charge on any atom is 1.00 e. The van der Waals surface area contributed by atoms with Gasteiger partial charge in [-0.25, -0.2) is 0 Å². The second-order valence-electron chi connectivity index (χ2n) is 4.04. The largest absolute Gasteiger partial charge is 1.00 e. The van der Waals surface area contributed by atoms with Crippen LogP contribution in [0.5, 0.6) is 0 Å². The van der Waals surface area contributed by atoms with E-state index >= 15 is 0 Å². The molecule has 17 heavy (non-hydrogen) atoms. The summed E-state index contributed by atoms with van der Waals surface area (Å²) in [6, 6.07) is 0. The van der Waals surface area contributed by atoms with E-state index in [1.807, 2.05) is 26.0 Å². The Bertz CT molecular complexity index is 123. The van der Waals surface area contributed by atoms with Crippen LogP contribution >= 0.6 is 0 Å². The van der Waals surface area contributed by atoms with Gasteiger partial charge in [0.2, 0.25) is 0 Å². The molecule has 108 valence electrons. The Morgan fingerprint density at radius 1 is 0.941 bits per heavy atom. The Kier molecular flexibility index (Phi) is 20.3. The van der Waals surface area contributed by atoms with E-state index < -0.39 is 7.25 Å². The lowest BCUT2D eigenvalue weighted by molar-refractivity contribution is 0.368. The van der Waals surface area contributed by atoms with Gasteiger partial charge in [0, 0.05) is 0 Å². The van der Waals surface area contributed by atoms with Crippen LogP contribution in [0.15, 0.2) is 0 Å². The Hall–Kier alpha value is -0.295. The van der Waals surface area contributed by atoms with E-state index in [0.717, 1.165) is 6.54 Å². The van der Waals surface area contributed by atoms with E-state index in [1.54, 1.807) is 0 Å². The van der Waals surface area contributed by atoms with Crippen LogP contribution in [0.25, 0.3) is 0 Å². The van der Waals surface area contributed by atoms with Gasteiger partial charge in [-0.1, -0.05) is 32.6 Å². The fraction of sp³-hybridized carbons (Fsp3) is 1.00. The second kappa shape index (κ2) is 15.7. The summed E-state index contributed by atoms with van der Waals surface area (Å²) in [6.45, 7) is 3.09. The van der Waals surface area contributed by atoms with Crippen LogP contribution < -0.4 is 5.73 Å². The first kappa shape index (κ1) is 21.9. The number of rotatable bonds is 5. The molecular formula is C10H27BF4N2. The first-order valence-corrected chi connectivity index (χ1v) is 5.83. The van der Waals surface area contributed by atoms with E-state index in [0.29, 0.717) is 0 Å². The quantitative estimate of drug-likeness (QED) is 0.466. The zero-order chi connectivity index (χ0) is 14.3. The highest BCUT2D eigenvalue weighted by molar-refractivity contribution is 6.50. The van der Waals surface area contributed by atoms with Crippen molar-refractivity contribution in [2.45, 2.75) is 39.0 Å². The molecule has 0 radical (unpaired) electrons. The van der Waals surface area contributed by atoms with Crippen LogP contribution in [0.1, 0.15) is 40.5 Å². The van der Waals surface area contributed by atoms with Crippen LogP contribution in [0.4, 0.5) is 17.3 Å². The van der Waals surface area contributed by atoms with Crippen LogP contribution in [0.3, 0.4) is 0 Å². The summed E-state index contributed by atoms with van der Waals surface area (Å²) in [5.41, 5.74) is 5.31. The molecule has 2 N–H and O–H groups in total. The molecule has 0 aliphatic rings. The summed E-state index contributed by atoms with van der Waals surface area (Å²) < 4.78 is 39.0. The van der Waals surface area contributed by atoms with Crippen molar-refractivity contribution in [3.63, 3.8) is 0 Å². The molecular weight excluding hydrogens is 235 g/mol. The minimum Gasteiger partial charge on any atom is -0.418 e. The van der Waals surface area contributed by atoms with Crippen molar-refractivity contribution >= 4 is 7.25 Å². The molecule has 0 spiro atoms. The van der Waals surface area contributed by atoms with Gasteiger partial charge >= 0.3 is 8.68 Å². The van der Waals surface area contributed by atoms with Crippen LogP contribution in [-0.4, -0.2) is 39.8 Å². The predicted octanol–water partition coefficient (Wildman–Crippen LogP) is 3.51. The molecule has 0 saturated heterocycles. The Balaban J connectivity index is -0.0000000855. The third-order valence-electron chi connectivity index (χ3n) is 1.31. The molecule has 0 aliphatic heterocycles. The zero-order valence-electron chi connectivity index (χ0n) is 12.4. The predicted molar refractivity (Wildman–Crippen MR) is 68.7 cm³/mol. The Labute approximate surface area is 104 Å². The molecule has 0 aliphatic carbocycles. The van der Waals surface area contributed by atoms with Gasteiger partial charge in [-0.3, -0.25) is 0 Å². The van der Waals surface area contributed by atoms with Gasteiger partial charge in [0.1, 0.15) is 0 Å². The van der Waals surface area contributed by atoms with Gasteiger partial charge in [0.25, 0.3) is 0 Å². The lowest BCUT2D eigenvalue weighted by Gasteiger charge is -1.94. The average Bonchev–Trinajstić information content (AvgIpc) is 2.09. The monoisotopic (exact) mass is 262 g/mol. The van der Waals surface area contributed by atoms with Crippen LogP contribution in [-0.2, 0) is 0 Å². The molecule has 0 bridgehead atoms. The first-order chi connectivity index (χ1) is 7.65. The van der Waals surface area contributed by atoms with Gasteiger partial charge in [-0.05, 0) is 34.1 Å². The normalized spacial score (nSPS) is 10.2. The Morgan fingerprint density at radius 3 is 1.47 bits per heavy atom. The maximum absolute atomic E-state index is 9.75. The minimum atomic E-state index is -6.00. The average molecular weight is 262 g/mol. The van der Waals surface area contributed by atoms with Crippen molar-refractivity contribution in [3.05, 3.63) is 0 Å². The van der Waals surface area contributed by atoms with Gasteiger partial charge in [-0.2, -0.15) is 0 Å². The molecule has 2 nitrogen and oxygen atoms in total. The third-order valence-corrected chi connectivity index (χ3v) is 1.31. The second-order valence-corrected chi connectivity index (χ2v) is 4.04. The van der Waals surface area contributed by atoms with E-state index in [2.05, 4.69) is 6.92 Å². The molecule has 0 heterocycles. The van der Waals surface area contributed by atoms with E-state index in [9.17, 15) is 17.3 Å². The van der Waals surface area contributed by atoms with E-state index in [1.165, 1.54) is 32.1 Å². The zero-order valence-corrected chi connectivity index (χ0v) is 11.4. The smallest absolute Gasteiger partial charge is 0.418 e. The summed E-state index contributed by atoms with van der Waals surface area (Å²) in [4.78, 5) is 2.00. The number of hydrogen-bond donors (Lipinski definition) is 1. The van der Waals surface area contributed by atoms with Crippen molar-refractivity contribution < 1.29 is 18.7 Å². The van der Waals surface area contributed by atoms with Gasteiger partial charge < -0.3 is 27.9 Å². The molecule has 0 unspecified atom stereocenters. The summed E-state index contributed by atoms with van der Waals surface area (Å²) in [5.74, 6) is 0. The van der Waals surface area contributed by atoms with Crippen LogP contribution in [0.2, 0.25) is 0 Å². The fourth-order valence-corrected chi connectivity index (χ4v) is 0.748. The van der Waals surface area contributed by atoms with Gasteiger partial charge in [0.05, 0.1) is 0 Å². The lowest BCUT2D eigenvalue weighted by atomic mass is 10.2. The summed E-state index contributed by atoms with van der Waals surface area (Å²) in [5, 5.41) is 0. The summed E-state index contributed by atoms with van der Waals surface area (Å²) in [6.07, 6.45) is 6.60. The minimum absolute atomic E-state index is 0. The fourth-order valence-electron chi connectivity index (χ4n) is 0.748. The SMILES string of the molecule is CCCCCCCN.CN(C)C.F[B-](F)(F)F.[H+]. The van der Waals surface area contributed by atoms with Crippen molar-refractivity contribution in [2.75, 3.05) is 27.7 Å². The molecule has 0 fully saturated rings. The number of halogens is 4. The summed E-state index contributed by atoms with van der Waals surface area (Å²) >= 11 is 0. The highest BCUT2D eigenvalue weighted by Gasteiger charge is 2.20. The maximum atomic E-state index is 9.75. The Morgan fingerprint density at radius 2 is 1.24 bits per heavy atom. The van der Waals surface area contributed by atoms with E-state index in [-0.39, 0.29) is 1.43 Å². The van der Waals surface area contributed by atoms with Crippen molar-refractivity contribution in [2.24, 2.45) is 5.73 Å². The van der Waals surface area contributed by atoms with E-state index in [4.69, 9.17) is 5.73 Å². The van der Waals surface area contributed by atoms with Gasteiger partial charge in [-0.15, -0.1) is 0 Å². The molecule has 0 aromatic heterocycles. The van der Waals surface area contributed by atoms with Crippen LogP contribution in [0, 0.1) is 0 Å². The molecule has 0 atom stereocenters. The third kappa shape index (κ3) is 133. The number of nitrogens with two attached hydrogens (primary N) is 1. The standard InChI is InChI=1S/C7H17N.C3H9N.BF4/c1-2-3-4-5-6-7-8;1-4(2)3;2-1(3,4)5/h2-8H2,1H3;1-3H3;/q;;-1/p+1. The topological polar surface area (TPSA) is 29.3 Å². The number of hydrogen-bond acceptors (Lipinski definition) is 2. The highest BCUT2D eigenvalue weighted by Crippen LogP contribution is 2.06. The summed E-state index contributed by atoms with van der Waals surface area (Å²) in [7, 11) is 0.